The number of nitrogens with zero attached hydrogens (tertiary/aromatic N) is 1. The Hall–Kier alpha value is -3.35. The second-order valence-electron chi connectivity index (χ2n) is 8.00. The summed E-state index contributed by atoms with van der Waals surface area (Å²) in [6, 6.07) is 7.82. The van der Waals surface area contributed by atoms with Crippen molar-refractivity contribution in [1.29, 1.82) is 0 Å². The van der Waals surface area contributed by atoms with Crippen LogP contribution in [0.25, 0.3) is 6.08 Å². The lowest BCUT2D eigenvalue weighted by atomic mass is 9.94. The summed E-state index contributed by atoms with van der Waals surface area (Å²) in [6.07, 6.45) is 4.78. The van der Waals surface area contributed by atoms with E-state index in [1.807, 2.05) is 44.2 Å². The minimum absolute atomic E-state index is 0.0337. The van der Waals surface area contributed by atoms with Gasteiger partial charge >= 0.3 is 0 Å². The van der Waals surface area contributed by atoms with Crippen LogP contribution in [0.2, 0.25) is 0 Å². The standard InChI is InChI=1S/C24H28N2O5/c1-24(2)10-9-16-19(27-3)8-7-15(22(16)31-24)18-13-17(25-26-18)14-11-20(28-4)23(30-6)21(12-14)29-5/h7-12,17,25H,13H2,1-6H3. The molecule has 2 aliphatic rings. The Kier molecular flexibility index (Phi) is 5.43. The highest BCUT2D eigenvalue weighted by Gasteiger charge is 2.31. The van der Waals surface area contributed by atoms with Crippen molar-refractivity contribution < 1.29 is 23.7 Å². The molecule has 0 saturated heterocycles. The minimum atomic E-state index is -0.406. The number of methoxy groups -OCH3 is 4. The van der Waals surface area contributed by atoms with Crippen LogP contribution in [-0.4, -0.2) is 39.8 Å². The summed E-state index contributed by atoms with van der Waals surface area (Å²) in [5.41, 5.74) is 6.64. The maximum atomic E-state index is 6.32. The SMILES string of the molecule is COc1ccc(C2=NNC(c3cc(OC)c(OC)c(OC)c3)C2)c2c1C=CC(C)(C)O2. The van der Waals surface area contributed by atoms with E-state index in [9.17, 15) is 0 Å². The number of hydrazone groups is 1. The molecular formula is C24H28N2O5. The molecular weight excluding hydrogens is 396 g/mol. The number of ether oxygens (including phenoxy) is 5. The van der Waals surface area contributed by atoms with E-state index >= 15 is 0 Å². The molecule has 1 N–H and O–H groups in total. The van der Waals surface area contributed by atoms with E-state index in [1.54, 1.807) is 28.4 Å². The van der Waals surface area contributed by atoms with E-state index in [0.29, 0.717) is 23.7 Å². The van der Waals surface area contributed by atoms with Gasteiger partial charge in [0.05, 0.1) is 45.8 Å². The van der Waals surface area contributed by atoms with Gasteiger partial charge in [-0.1, -0.05) is 0 Å². The molecule has 0 aliphatic carbocycles. The first-order valence-corrected chi connectivity index (χ1v) is 10.1. The number of hydrogen-bond acceptors (Lipinski definition) is 7. The van der Waals surface area contributed by atoms with Gasteiger partial charge in [-0.25, -0.2) is 0 Å². The van der Waals surface area contributed by atoms with Gasteiger partial charge in [0, 0.05) is 12.0 Å². The van der Waals surface area contributed by atoms with Gasteiger partial charge in [-0.2, -0.15) is 5.10 Å². The van der Waals surface area contributed by atoms with Crippen LogP contribution in [-0.2, 0) is 0 Å². The van der Waals surface area contributed by atoms with Crippen molar-refractivity contribution in [2.24, 2.45) is 5.10 Å². The predicted octanol–water partition coefficient (Wildman–Crippen LogP) is 4.34. The van der Waals surface area contributed by atoms with Crippen LogP contribution in [0.5, 0.6) is 28.7 Å². The fraction of sp³-hybridized carbons (Fsp3) is 0.375. The lowest BCUT2D eigenvalue weighted by Gasteiger charge is -2.30. The van der Waals surface area contributed by atoms with Crippen LogP contribution in [0.1, 0.15) is 43.0 Å². The molecule has 1 unspecified atom stereocenters. The van der Waals surface area contributed by atoms with E-state index in [1.165, 1.54) is 0 Å². The van der Waals surface area contributed by atoms with Crippen molar-refractivity contribution in [1.82, 2.24) is 5.43 Å². The summed E-state index contributed by atoms with van der Waals surface area (Å²) in [6.45, 7) is 4.06. The zero-order valence-electron chi connectivity index (χ0n) is 18.7. The van der Waals surface area contributed by atoms with Gasteiger partial charge in [0.25, 0.3) is 0 Å². The topological polar surface area (TPSA) is 70.5 Å². The lowest BCUT2D eigenvalue weighted by Crippen LogP contribution is -2.28. The number of fused-ring (bicyclic) bond motifs is 1. The Bertz CT molecular complexity index is 1030. The first kappa shape index (κ1) is 20.9. The molecule has 7 heteroatoms. The zero-order chi connectivity index (χ0) is 22.2. The van der Waals surface area contributed by atoms with Crippen LogP contribution in [0, 0.1) is 0 Å². The molecule has 2 heterocycles. The summed E-state index contributed by atoms with van der Waals surface area (Å²) in [5, 5.41) is 4.64. The van der Waals surface area contributed by atoms with Crippen LogP contribution in [0.15, 0.2) is 35.4 Å². The predicted molar refractivity (Wildman–Crippen MR) is 120 cm³/mol. The third kappa shape index (κ3) is 3.76. The van der Waals surface area contributed by atoms with Gasteiger partial charge in [0.2, 0.25) is 5.75 Å². The fourth-order valence-corrected chi connectivity index (χ4v) is 3.94. The average Bonchev–Trinajstić information content (AvgIpc) is 3.26. The first-order valence-electron chi connectivity index (χ1n) is 10.1. The fourth-order valence-electron chi connectivity index (χ4n) is 3.94. The largest absolute Gasteiger partial charge is 0.496 e. The Morgan fingerprint density at radius 3 is 2.26 bits per heavy atom. The van der Waals surface area contributed by atoms with Crippen LogP contribution < -0.4 is 29.1 Å². The molecule has 31 heavy (non-hydrogen) atoms. The van der Waals surface area contributed by atoms with Gasteiger partial charge in [-0.15, -0.1) is 0 Å². The number of rotatable bonds is 6. The second-order valence-corrected chi connectivity index (χ2v) is 8.00. The van der Waals surface area contributed by atoms with Crippen molar-refractivity contribution in [2.45, 2.75) is 31.9 Å². The Labute approximate surface area is 182 Å². The molecule has 0 saturated carbocycles. The average molecular weight is 424 g/mol. The molecule has 4 rings (SSSR count). The molecule has 0 radical (unpaired) electrons. The quantitative estimate of drug-likeness (QED) is 0.744. The van der Waals surface area contributed by atoms with Crippen LogP contribution >= 0.6 is 0 Å². The van der Waals surface area contributed by atoms with Gasteiger partial charge < -0.3 is 29.1 Å². The number of nitrogens with one attached hydrogen (secondary N) is 1. The third-order valence-corrected chi connectivity index (χ3v) is 5.55. The first-order chi connectivity index (χ1) is 14.9. The smallest absolute Gasteiger partial charge is 0.203 e. The molecule has 2 aromatic rings. The maximum Gasteiger partial charge on any atom is 0.203 e. The van der Waals surface area contributed by atoms with Crippen molar-refractivity contribution in [3.05, 3.63) is 47.0 Å². The third-order valence-electron chi connectivity index (χ3n) is 5.55. The molecule has 0 amide bonds. The van der Waals surface area contributed by atoms with E-state index < -0.39 is 5.60 Å². The Balaban J connectivity index is 1.67. The lowest BCUT2D eigenvalue weighted by molar-refractivity contribution is 0.158. The molecule has 1 atom stereocenters. The zero-order valence-corrected chi connectivity index (χ0v) is 18.7. The molecule has 0 fully saturated rings. The summed E-state index contributed by atoms with van der Waals surface area (Å²) in [4.78, 5) is 0. The monoisotopic (exact) mass is 424 g/mol. The van der Waals surface area contributed by atoms with Crippen LogP contribution in [0.4, 0.5) is 0 Å². The molecule has 7 nitrogen and oxygen atoms in total. The van der Waals surface area contributed by atoms with E-state index in [2.05, 4.69) is 16.6 Å². The van der Waals surface area contributed by atoms with Crippen molar-refractivity contribution in [3.63, 3.8) is 0 Å². The van der Waals surface area contributed by atoms with Crippen molar-refractivity contribution in [2.75, 3.05) is 28.4 Å². The highest BCUT2D eigenvalue weighted by molar-refractivity contribution is 6.05. The summed E-state index contributed by atoms with van der Waals surface area (Å²) in [5.74, 6) is 3.36. The van der Waals surface area contributed by atoms with Gasteiger partial charge in [0.1, 0.15) is 17.1 Å². The normalized spacial score (nSPS) is 18.4. The van der Waals surface area contributed by atoms with E-state index in [-0.39, 0.29) is 6.04 Å². The molecule has 0 spiro atoms. The molecule has 0 bridgehead atoms. The van der Waals surface area contributed by atoms with E-state index in [4.69, 9.17) is 23.7 Å². The minimum Gasteiger partial charge on any atom is -0.496 e. The summed E-state index contributed by atoms with van der Waals surface area (Å²) < 4.78 is 28.3. The maximum absolute atomic E-state index is 6.32. The summed E-state index contributed by atoms with van der Waals surface area (Å²) >= 11 is 0. The highest BCUT2D eigenvalue weighted by atomic mass is 16.5. The van der Waals surface area contributed by atoms with E-state index in [0.717, 1.165) is 33.9 Å². The highest BCUT2D eigenvalue weighted by Crippen LogP contribution is 2.43. The van der Waals surface area contributed by atoms with Crippen molar-refractivity contribution in [3.8, 4) is 28.7 Å². The van der Waals surface area contributed by atoms with Gasteiger partial charge in [-0.3, -0.25) is 0 Å². The van der Waals surface area contributed by atoms with Gasteiger partial charge in [-0.05, 0) is 55.8 Å². The van der Waals surface area contributed by atoms with Crippen molar-refractivity contribution >= 4 is 11.8 Å². The Morgan fingerprint density at radius 1 is 0.968 bits per heavy atom. The summed E-state index contributed by atoms with van der Waals surface area (Å²) in [7, 11) is 6.48. The molecule has 2 aliphatic heterocycles. The Morgan fingerprint density at radius 2 is 1.65 bits per heavy atom. The second kappa shape index (κ2) is 8.06. The van der Waals surface area contributed by atoms with Crippen LogP contribution in [0.3, 0.4) is 0 Å². The van der Waals surface area contributed by atoms with Gasteiger partial charge in [0.15, 0.2) is 11.5 Å². The number of benzene rings is 2. The molecule has 164 valence electrons. The number of hydrogen-bond donors (Lipinski definition) is 1. The molecule has 2 aromatic carbocycles. The molecule has 0 aromatic heterocycles.